The number of hydrogen-bond acceptors (Lipinski definition) is 5. The van der Waals surface area contributed by atoms with Crippen LogP contribution in [0.4, 0.5) is 5.69 Å². The fourth-order valence-corrected chi connectivity index (χ4v) is 5.26. The minimum Gasteiger partial charge on any atom is -0.466 e. The van der Waals surface area contributed by atoms with E-state index in [1.165, 1.54) is 11.3 Å². The number of esters is 1. The first-order valence-corrected chi connectivity index (χ1v) is 12.9. The fraction of sp³-hybridized carbons (Fsp3) is 0.321. The Morgan fingerprint density at radius 2 is 1.71 bits per heavy atom. The largest absolute Gasteiger partial charge is 0.466 e. The molecule has 0 unspecified atom stereocenters. The molecule has 35 heavy (non-hydrogen) atoms. The van der Waals surface area contributed by atoms with Crippen LogP contribution < -0.4 is 5.32 Å². The highest BCUT2D eigenvalue weighted by Crippen LogP contribution is 2.36. The first kappa shape index (κ1) is 24.7. The van der Waals surface area contributed by atoms with Gasteiger partial charge in [-0.25, -0.2) is 0 Å². The molecule has 1 aliphatic heterocycles. The van der Waals surface area contributed by atoms with Gasteiger partial charge in [-0.2, -0.15) is 0 Å². The Labute approximate surface area is 209 Å². The Hall–Kier alpha value is -3.45. The summed E-state index contributed by atoms with van der Waals surface area (Å²) in [5, 5.41) is 4.72. The van der Waals surface area contributed by atoms with Gasteiger partial charge in [-0.15, -0.1) is 11.3 Å². The van der Waals surface area contributed by atoms with E-state index >= 15 is 0 Å². The summed E-state index contributed by atoms with van der Waals surface area (Å²) in [6.07, 6.45) is 2.02. The Balaban J connectivity index is 1.36. The van der Waals surface area contributed by atoms with Crippen LogP contribution in [0.3, 0.4) is 0 Å². The van der Waals surface area contributed by atoms with Gasteiger partial charge >= 0.3 is 5.97 Å². The van der Waals surface area contributed by atoms with E-state index in [0.29, 0.717) is 48.2 Å². The fourth-order valence-electron chi connectivity index (χ4n) is 4.64. The van der Waals surface area contributed by atoms with Gasteiger partial charge in [0.25, 0.3) is 11.8 Å². The van der Waals surface area contributed by atoms with Crippen LogP contribution >= 0.6 is 11.3 Å². The number of carbonyl (C=O) groups excluding carboxylic acids is 3. The van der Waals surface area contributed by atoms with Crippen LogP contribution in [-0.4, -0.2) is 42.4 Å². The molecule has 1 aliphatic rings. The summed E-state index contributed by atoms with van der Waals surface area (Å²) in [4.78, 5) is 40.1. The smallest absolute Gasteiger partial charge is 0.306 e. The van der Waals surface area contributed by atoms with E-state index in [0.717, 1.165) is 18.4 Å². The number of ether oxygens (including phenoxy) is 1. The Bertz CT molecular complexity index is 1120. The number of likely N-dealkylation sites (tertiary alicyclic amines) is 1. The van der Waals surface area contributed by atoms with Crippen molar-refractivity contribution in [3.63, 3.8) is 0 Å². The molecule has 4 rings (SSSR count). The van der Waals surface area contributed by atoms with E-state index in [1.54, 1.807) is 30.3 Å². The molecule has 6 nitrogen and oxygen atoms in total. The predicted octanol–water partition coefficient (Wildman–Crippen LogP) is 5.59. The molecule has 1 saturated heterocycles. The van der Waals surface area contributed by atoms with Crippen molar-refractivity contribution in [2.75, 3.05) is 25.0 Å². The summed E-state index contributed by atoms with van der Waals surface area (Å²) in [6, 6.07) is 20.8. The molecular formula is C28H30N2O4S. The summed E-state index contributed by atoms with van der Waals surface area (Å²) in [6.45, 7) is 3.49. The number of carbonyl (C=O) groups is 3. The molecule has 0 radical (unpaired) electrons. The molecule has 0 bridgehead atoms. The lowest BCUT2D eigenvalue weighted by atomic mass is 9.78. The molecule has 1 fully saturated rings. The van der Waals surface area contributed by atoms with Crippen LogP contribution in [0.5, 0.6) is 0 Å². The number of piperidine rings is 1. The third-order valence-corrected chi connectivity index (χ3v) is 7.32. The standard InChI is InChI=1S/C28H30N2O4S/c1-2-34-26(31)19-24(20-7-4-3-5-8-20)21-14-16-30(17-15-21)28(33)22-10-12-23(13-11-22)29-27(32)25-9-6-18-35-25/h3-13,18,21,24H,2,14-17,19H2,1H3,(H,29,32)/t24-/m1/s1. The Kier molecular flexibility index (Phi) is 8.32. The highest BCUT2D eigenvalue weighted by atomic mass is 32.1. The molecule has 2 aromatic carbocycles. The van der Waals surface area contributed by atoms with E-state index in [9.17, 15) is 14.4 Å². The van der Waals surface area contributed by atoms with Gasteiger partial charge in [-0.1, -0.05) is 36.4 Å². The van der Waals surface area contributed by atoms with E-state index in [1.807, 2.05) is 41.5 Å². The topological polar surface area (TPSA) is 75.7 Å². The number of anilines is 1. The van der Waals surface area contributed by atoms with Gasteiger partial charge in [0.1, 0.15) is 0 Å². The predicted molar refractivity (Wildman–Crippen MR) is 138 cm³/mol. The number of amides is 2. The Morgan fingerprint density at radius 3 is 2.34 bits per heavy atom. The van der Waals surface area contributed by atoms with E-state index in [2.05, 4.69) is 17.4 Å². The third kappa shape index (κ3) is 6.36. The average molecular weight is 491 g/mol. The molecule has 1 atom stereocenters. The van der Waals surface area contributed by atoms with E-state index in [4.69, 9.17) is 4.74 Å². The number of nitrogens with zero attached hydrogens (tertiary/aromatic N) is 1. The van der Waals surface area contributed by atoms with Gasteiger partial charge in [0.15, 0.2) is 0 Å². The van der Waals surface area contributed by atoms with Crippen LogP contribution in [0.15, 0.2) is 72.1 Å². The van der Waals surface area contributed by atoms with Crippen molar-refractivity contribution < 1.29 is 19.1 Å². The number of thiophene rings is 1. The summed E-state index contributed by atoms with van der Waals surface area (Å²) in [7, 11) is 0. The van der Waals surface area contributed by atoms with Crippen molar-refractivity contribution in [2.45, 2.75) is 32.1 Å². The van der Waals surface area contributed by atoms with Crippen molar-refractivity contribution in [3.05, 3.63) is 88.1 Å². The molecular weight excluding hydrogens is 460 g/mol. The van der Waals surface area contributed by atoms with Crippen LogP contribution in [0, 0.1) is 5.92 Å². The molecule has 0 saturated carbocycles. The summed E-state index contributed by atoms with van der Waals surface area (Å²) in [5.41, 5.74) is 2.40. The maximum absolute atomic E-state index is 13.1. The minimum atomic E-state index is -0.175. The number of hydrogen-bond donors (Lipinski definition) is 1. The van der Waals surface area contributed by atoms with Crippen molar-refractivity contribution in [3.8, 4) is 0 Å². The lowest BCUT2D eigenvalue weighted by Crippen LogP contribution is -2.40. The second kappa shape index (κ2) is 11.8. The lowest BCUT2D eigenvalue weighted by Gasteiger charge is -2.36. The van der Waals surface area contributed by atoms with Gasteiger partial charge in [0.2, 0.25) is 0 Å². The molecule has 2 heterocycles. The normalized spacial score (nSPS) is 14.8. The number of nitrogens with one attached hydrogen (secondary N) is 1. The minimum absolute atomic E-state index is 0.0127. The highest BCUT2D eigenvalue weighted by Gasteiger charge is 2.31. The molecule has 182 valence electrons. The second-order valence-electron chi connectivity index (χ2n) is 8.66. The molecule has 1 aromatic heterocycles. The number of rotatable bonds is 8. The van der Waals surface area contributed by atoms with Gasteiger partial charge < -0.3 is 15.0 Å². The zero-order chi connectivity index (χ0) is 24.6. The van der Waals surface area contributed by atoms with Crippen molar-refractivity contribution in [1.82, 2.24) is 4.90 Å². The number of benzene rings is 2. The van der Waals surface area contributed by atoms with E-state index < -0.39 is 0 Å². The monoisotopic (exact) mass is 490 g/mol. The van der Waals surface area contributed by atoms with Crippen molar-refractivity contribution >= 4 is 34.8 Å². The molecule has 2 amide bonds. The van der Waals surface area contributed by atoms with E-state index in [-0.39, 0.29) is 23.7 Å². The summed E-state index contributed by atoms with van der Waals surface area (Å²) < 4.78 is 5.23. The lowest BCUT2D eigenvalue weighted by molar-refractivity contribution is -0.144. The van der Waals surface area contributed by atoms with Gasteiger partial charge in [0, 0.05) is 24.3 Å². The van der Waals surface area contributed by atoms with Gasteiger partial charge in [-0.3, -0.25) is 14.4 Å². The van der Waals surface area contributed by atoms with Gasteiger partial charge in [-0.05, 0) is 72.9 Å². The first-order chi connectivity index (χ1) is 17.0. The molecule has 1 N–H and O–H groups in total. The average Bonchev–Trinajstić information content (AvgIpc) is 3.44. The molecule has 0 spiro atoms. The van der Waals surface area contributed by atoms with Crippen molar-refractivity contribution in [2.24, 2.45) is 5.92 Å². The first-order valence-electron chi connectivity index (χ1n) is 12.0. The quantitative estimate of drug-likeness (QED) is 0.418. The highest BCUT2D eigenvalue weighted by molar-refractivity contribution is 7.12. The summed E-state index contributed by atoms with van der Waals surface area (Å²) >= 11 is 1.38. The van der Waals surface area contributed by atoms with Crippen molar-refractivity contribution in [1.29, 1.82) is 0 Å². The SMILES string of the molecule is CCOC(=O)C[C@H](c1ccccc1)C1CCN(C(=O)c2ccc(NC(=O)c3cccs3)cc2)CC1. The van der Waals surface area contributed by atoms with Crippen LogP contribution in [-0.2, 0) is 9.53 Å². The molecule has 0 aliphatic carbocycles. The molecule has 7 heteroatoms. The molecule has 3 aromatic rings. The second-order valence-corrected chi connectivity index (χ2v) is 9.61. The van der Waals surface area contributed by atoms with Gasteiger partial charge in [0.05, 0.1) is 17.9 Å². The van der Waals surface area contributed by atoms with Crippen LogP contribution in [0.25, 0.3) is 0 Å². The van der Waals surface area contributed by atoms with Crippen LogP contribution in [0.1, 0.15) is 57.7 Å². The maximum atomic E-state index is 13.1. The zero-order valence-corrected chi connectivity index (χ0v) is 20.6. The zero-order valence-electron chi connectivity index (χ0n) is 19.8. The maximum Gasteiger partial charge on any atom is 0.306 e. The van der Waals surface area contributed by atoms with Crippen LogP contribution in [0.2, 0.25) is 0 Å². The summed E-state index contributed by atoms with van der Waals surface area (Å²) in [5.74, 6) is 0.0451. The Morgan fingerprint density at radius 1 is 1.00 bits per heavy atom. The third-order valence-electron chi connectivity index (χ3n) is 6.45.